The van der Waals surface area contributed by atoms with Crippen molar-refractivity contribution in [1.82, 2.24) is 19.8 Å². The van der Waals surface area contributed by atoms with E-state index >= 15 is 0 Å². The van der Waals surface area contributed by atoms with Crippen LogP contribution in [0, 0.1) is 11.3 Å². The van der Waals surface area contributed by atoms with Gasteiger partial charge in [-0.25, -0.2) is 4.52 Å². The zero-order valence-corrected chi connectivity index (χ0v) is 7.62. The van der Waals surface area contributed by atoms with Crippen LogP contribution in [0.3, 0.4) is 0 Å². The number of hydrogen-bond acceptors (Lipinski definition) is 4. The summed E-state index contributed by atoms with van der Waals surface area (Å²) in [6, 6.07) is 9.57. The Morgan fingerprint density at radius 3 is 2.93 bits per heavy atom. The zero-order chi connectivity index (χ0) is 10.3. The van der Waals surface area contributed by atoms with Gasteiger partial charge in [0.1, 0.15) is 17.1 Å². The molecule has 3 rings (SSSR count). The molecular weight excluding hydrogens is 190 g/mol. The van der Waals surface area contributed by atoms with Gasteiger partial charge in [-0.1, -0.05) is 12.1 Å². The third-order valence-electron chi connectivity index (χ3n) is 2.23. The summed E-state index contributed by atoms with van der Waals surface area (Å²) < 4.78 is 1.63. The molecule has 3 aromatic rings. The van der Waals surface area contributed by atoms with Crippen LogP contribution in [0.1, 0.15) is 5.56 Å². The maximum Gasteiger partial charge on any atom is 0.195 e. The molecule has 0 saturated carbocycles. The van der Waals surface area contributed by atoms with E-state index in [0.29, 0.717) is 11.2 Å². The molecule has 5 heteroatoms. The molecule has 0 saturated heterocycles. The minimum atomic E-state index is 0.438. The number of benzene rings is 1. The fraction of sp³-hybridized carbons (Fsp3) is 0. The molecule has 0 radical (unpaired) electrons. The van der Waals surface area contributed by atoms with Gasteiger partial charge in [-0.05, 0) is 12.1 Å². The quantitative estimate of drug-likeness (QED) is 0.539. The molecule has 2 heterocycles. The summed E-state index contributed by atoms with van der Waals surface area (Å²) in [6.45, 7) is 0. The minimum Gasteiger partial charge on any atom is -0.210 e. The highest BCUT2D eigenvalue weighted by Crippen LogP contribution is 2.13. The average Bonchev–Trinajstić information content (AvgIpc) is 2.72. The number of aromatic nitrogens is 4. The van der Waals surface area contributed by atoms with Crippen LogP contribution in [-0.2, 0) is 0 Å². The monoisotopic (exact) mass is 195 g/mol. The van der Waals surface area contributed by atoms with Gasteiger partial charge in [0.05, 0.1) is 11.7 Å². The number of fused-ring (bicyclic) bond motifs is 3. The lowest BCUT2D eigenvalue weighted by molar-refractivity contribution is 0.943. The predicted octanol–water partition coefficient (Wildman–Crippen LogP) is 1.15. The highest BCUT2D eigenvalue weighted by molar-refractivity contribution is 5.77. The van der Waals surface area contributed by atoms with E-state index in [-0.39, 0.29) is 0 Å². The van der Waals surface area contributed by atoms with Gasteiger partial charge in [-0.2, -0.15) is 10.4 Å². The fourth-order valence-electron chi connectivity index (χ4n) is 1.52. The molecular formula is C10H5N5. The van der Waals surface area contributed by atoms with Crippen molar-refractivity contribution in [2.75, 3.05) is 0 Å². The summed E-state index contributed by atoms with van der Waals surface area (Å²) in [4.78, 5) is 0. The molecule has 0 N–H and O–H groups in total. The van der Waals surface area contributed by atoms with Crippen molar-refractivity contribution >= 4 is 16.7 Å². The molecule has 0 atom stereocenters. The molecule has 15 heavy (non-hydrogen) atoms. The Kier molecular flexibility index (Phi) is 1.45. The number of para-hydroxylation sites is 1. The van der Waals surface area contributed by atoms with E-state index in [0.717, 1.165) is 11.0 Å². The second kappa shape index (κ2) is 2.75. The number of nitriles is 1. The van der Waals surface area contributed by atoms with E-state index in [1.54, 1.807) is 4.52 Å². The lowest BCUT2D eigenvalue weighted by Crippen LogP contribution is -1.96. The minimum absolute atomic E-state index is 0.438. The van der Waals surface area contributed by atoms with Crippen LogP contribution in [0.25, 0.3) is 16.7 Å². The van der Waals surface area contributed by atoms with Gasteiger partial charge in [0.25, 0.3) is 0 Å². The SMILES string of the molecule is N#Cc1cnn2c1nnc1ccccc12. The first-order valence-corrected chi connectivity index (χ1v) is 4.39. The number of rotatable bonds is 0. The van der Waals surface area contributed by atoms with Gasteiger partial charge < -0.3 is 0 Å². The van der Waals surface area contributed by atoms with Crippen LogP contribution in [0.5, 0.6) is 0 Å². The van der Waals surface area contributed by atoms with Gasteiger partial charge >= 0.3 is 0 Å². The normalized spacial score (nSPS) is 10.6. The number of hydrogen-bond donors (Lipinski definition) is 0. The highest BCUT2D eigenvalue weighted by atomic mass is 15.3. The summed E-state index contributed by atoms with van der Waals surface area (Å²) in [6.07, 6.45) is 1.50. The second-order valence-corrected chi connectivity index (χ2v) is 3.09. The summed E-state index contributed by atoms with van der Waals surface area (Å²) >= 11 is 0. The molecule has 0 aliphatic heterocycles. The maximum absolute atomic E-state index is 8.83. The molecule has 0 spiro atoms. The van der Waals surface area contributed by atoms with Crippen LogP contribution in [-0.4, -0.2) is 19.8 Å². The third-order valence-corrected chi connectivity index (χ3v) is 2.23. The van der Waals surface area contributed by atoms with Crippen LogP contribution in [0.4, 0.5) is 0 Å². The third kappa shape index (κ3) is 0.987. The molecule has 70 valence electrons. The highest BCUT2D eigenvalue weighted by Gasteiger charge is 2.07. The Labute approximate surface area is 84.6 Å². The van der Waals surface area contributed by atoms with Gasteiger partial charge in [0.15, 0.2) is 5.65 Å². The molecule has 2 aromatic heterocycles. The van der Waals surface area contributed by atoms with E-state index < -0.39 is 0 Å². The van der Waals surface area contributed by atoms with Crippen molar-refractivity contribution < 1.29 is 0 Å². The first kappa shape index (κ1) is 7.88. The van der Waals surface area contributed by atoms with Crippen LogP contribution in [0.15, 0.2) is 30.5 Å². The van der Waals surface area contributed by atoms with Crippen LogP contribution >= 0.6 is 0 Å². The smallest absolute Gasteiger partial charge is 0.195 e. The Balaban J connectivity index is 2.57. The van der Waals surface area contributed by atoms with Crippen LogP contribution < -0.4 is 0 Å². The lowest BCUT2D eigenvalue weighted by atomic mass is 10.3. The second-order valence-electron chi connectivity index (χ2n) is 3.09. The van der Waals surface area contributed by atoms with E-state index in [1.807, 2.05) is 30.3 Å². The average molecular weight is 195 g/mol. The van der Waals surface area contributed by atoms with E-state index in [4.69, 9.17) is 5.26 Å². The van der Waals surface area contributed by atoms with Crippen LogP contribution in [0.2, 0.25) is 0 Å². The lowest BCUT2D eigenvalue weighted by Gasteiger charge is -1.97. The maximum atomic E-state index is 8.83. The van der Waals surface area contributed by atoms with Crippen molar-refractivity contribution in [1.29, 1.82) is 5.26 Å². The zero-order valence-electron chi connectivity index (χ0n) is 7.62. The molecule has 0 aliphatic carbocycles. The number of nitrogens with zero attached hydrogens (tertiary/aromatic N) is 5. The van der Waals surface area contributed by atoms with Gasteiger partial charge in [0.2, 0.25) is 0 Å². The van der Waals surface area contributed by atoms with E-state index in [2.05, 4.69) is 15.3 Å². The summed E-state index contributed by atoms with van der Waals surface area (Å²) in [5.41, 5.74) is 2.55. The molecule has 0 amide bonds. The largest absolute Gasteiger partial charge is 0.210 e. The predicted molar refractivity (Wildman–Crippen MR) is 53.0 cm³/mol. The van der Waals surface area contributed by atoms with E-state index in [9.17, 15) is 0 Å². The van der Waals surface area contributed by atoms with Gasteiger partial charge in [-0.3, -0.25) is 0 Å². The van der Waals surface area contributed by atoms with Gasteiger partial charge in [-0.15, -0.1) is 10.2 Å². The van der Waals surface area contributed by atoms with Crippen molar-refractivity contribution in [3.05, 3.63) is 36.0 Å². The summed E-state index contributed by atoms with van der Waals surface area (Å²) in [7, 11) is 0. The summed E-state index contributed by atoms with van der Waals surface area (Å²) in [5, 5.41) is 20.9. The Bertz CT molecular complexity index is 692. The topological polar surface area (TPSA) is 66.9 Å². The van der Waals surface area contributed by atoms with Crippen molar-refractivity contribution in [2.45, 2.75) is 0 Å². The Morgan fingerprint density at radius 2 is 2.07 bits per heavy atom. The molecule has 0 unspecified atom stereocenters. The van der Waals surface area contributed by atoms with E-state index in [1.165, 1.54) is 6.20 Å². The molecule has 5 nitrogen and oxygen atoms in total. The fourth-order valence-corrected chi connectivity index (χ4v) is 1.52. The molecule has 0 aliphatic rings. The Hall–Kier alpha value is -2.48. The molecule has 0 bridgehead atoms. The Morgan fingerprint density at radius 1 is 1.20 bits per heavy atom. The van der Waals surface area contributed by atoms with Crippen molar-refractivity contribution in [3.8, 4) is 6.07 Å². The van der Waals surface area contributed by atoms with Crippen molar-refractivity contribution in [3.63, 3.8) is 0 Å². The van der Waals surface area contributed by atoms with Crippen molar-refractivity contribution in [2.24, 2.45) is 0 Å². The molecule has 0 fully saturated rings. The standard InChI is InChI=1S/C10H5N5/c11-5-7-6-12-15-9-4-2-1-3-8(9)13-14-10(7)15/h1-4,6H. The summed E-state index contributed by atoms with van der Waals surface area (Å²) in [5.74, 6) is 0. The first-order valence-electron chi connectivity index (χ1n) is 4.39. The van der Waals surface area contributed by atoms with Gasteiger partial charge in [0, 0.05) is 0 Å². The first-order chi connectivity index (χ1) is 7.40. The molecule has 1 aromatic carbocycles.